The van der Waals surface area contributed by atoms with Gasteiger partial charge in [0.1, 0.15) is 0 Å². The maximum atomic E-state index is 12.0. The van der Waals surface area contributed by atoms with Crippen LogP contribution in [-0.4, -0.2) is 14.5 Å². The van der Waals surface area contributed by atoms with Crippen molar-refractivity contribution in [2.45, 2.75) is 37.6 Å². The van der Waals surface area contributed by atoms with E-state index in [0.717, 1.165) is 18.4 Å². The Morgan fingerprint density at radius 3 is 2.44 bits per heavy atom. The number of sulfonamides is 1. The van der Waals surface area contributed by atoms with Gasteiger partial charge >= 0.3 is 0 Å². The Labute approximate surface area is 101 Å². The molecule has 3 nitrogen and oxygen atoms in total. The van der Waals surface area contributed by atoms with E-state index in [4.69, 9.17) is 11.6 Å². The van der Waals surface area contributed by atoms with Crippen molar-refractivity contribution in [1.82, 2.24) is 4.72 Å². The molecule has 1 saturated carbocycles. The van der Waals surface area contributed by atoms with Gasteiger partial charge in [-0.05, 0) is 49.9 Å². The summed E-state index contributed by atoms with van der Waals surface area (Å²) in [6.07, 6.45) is 1.87. The summed E-state index contributed by atoms with van der Waals surface area (Å²) in [4.78, 5) is 0.335. The number of rotatable bonds is 3. The highest BCUT2D eigenvalue weighted by molar-refractivity contribution is 7.89. The molecule has 0 saturated heterocycles. The minimum absolute atomic E-state index is 0.125. The van der Waals surface area contributed by atoms with Gasteiger partial charge in [-0.15, -0.1) is 0 Å². The molecule has 0 atom stereocenters. The molecule has 0 unspecified atom stereocenters. The molecule has 1 aliphatic carbocycles. The SMILES string of the molecule is Cc1cc(S(=O)(=O)NC2CC2)c(C)cc1Cl. The molecule has 0 aliphatic heterocycles. The van der Waals surface area contributed by atoms with Crippen LogP contribution in [0.4, 0.5) is 0 Å². The van der Waals surface area contributed by atoms with E-state index in [1.54, 1.807) is 26.0 Å². The zero-order valence-electron chi connectivity index (χ0n) is 9.25. The fourth-order valence-electron chi connectivity index (χ4n) is 1.53. The summed E-state index contributed by atoms with van der Waals surface area (Å²) >= 11 is 5.94. The monoisotopic (exact) mass is 259 g/mol. The van der Waals surface area contributed by atoms with Crippen molar-refractivity contribution < 1.29 is 8.42 Å². The van der Waals surface area contributed by atoms with Crippen LogP contribution in [0, 0.1) is 13.8 Å². The smallest absolute Gasteiger partial charge is 0.208 e. The first-order valence-electron chi connectivity index (χ1n) is 5.19. The molecule has 1 aromatic carbocycles. The third-order valence-corrected chi connectivity index (χ3v) is 4.71. The van der Waals surface area contributed by atoms with Gasteiger partial charge in [-0.25, -0.2) is 13.1 Å². The molecule has 1 fully saturated rings. The van der Waals surface area contributed by atoms with Gasteiger partial charge in [0, 0.05) is 11.1 Å². The van der Waals surface area contributed by atoms with Crippen LogP contribution in [0.25, 0.3) is 0 Å². The molecule has 1 N–H and O–H groups in total. The fourth-order valence-corrected chi connectivity index (χ4v) is 3.36. The second-order valence-corrected chi connectivity index (χ2v) is 6.35. The standard InChI is InChI=1S/C11H14ClNO2S/c1-7-6-11(8(2)5-10(7)12)16(14,15)13-9-3-4-9/h5-6,9,13H,3-4H2,1-2H3. The average Bonchev–Trinajstić information content (AvgIpc) is 2.94. The quantitative estimate of drug-likeness (QED) is 0.906. The van der Waals surface area contributed by atoms with Crippen molar-refractivity contribution in [1.29, 1.82) is 0 Å². The normalized spacial score (nSPS) is 16.4. The van der Waals surface area contributed by atoms with Gasteiger partial charge in [0.05, 0.1) is 4.90 Å². The van der Waals surface area contributed by atoms with Crippen LogP contribution in [0.3, 0.4) is 0 Å². The number of halogens is 1. The minimum Gasteiger partial charge on any atom is -0.208 e. The van der Waals surface area contributed by atoms with E-state index >= 15 is 0 Å². The number of hydrogen-bond donors (Lipinski definition) is 1. The van der Waals surface area contributed by atoms with E-state index in [9.17, 15) is 8.42 Å². The summed E-state index contributed by atoms with van der Waals surface area (Å²) < 4.78 is 26.7. The molecule has 0 amide bonds. The van der Waals surface area contributed by atoms with Gasteiger partial charge in [0.25, 0.3) is 0 Å². The summed E-state index contributed by atoms with van der Waals surface area (Å²) in [6, 6.07) is 3.45. The lowest BCUT2D eigenvalue weighted by molar-refractivity contribution is 0.580. The second-order valence-electron chi connectivity index (χ2n) is 4.26. The largest absolute Gasteiger partial charge is 0.241 e. The highest BCUT2D eigenvalue weighted by Gasteiger charge is 2.28. The van der Waals surface area contributed by atoms with Crippen LogP contribution in [0.1, 0.15) is 24.0 Å². The number of nitrogens with one attached hydrogen (secondary N) is 1. The van der Waals surface area contributed by atoms with Gasteiger partial charge < -0.3 is 0 Å². The summed E-state index contributed by atoms with van der Waals surface area (Å²) in [5, 5.41) is 0.600. The van der Waals surface area contributed by atoms with Crippen LogP contribution in [0.2, 0.25) is 5.02 Å². The van der Waals surface area contributed by atoms with Crippen molar-refractivity contribution in [3.63, 3.8) is 0 Å². The molecule has 0 spiro atoms. The molecule has 0 radical (unpaired) electrons. The Morgan fingerprint density at radius 2 is 1.88 bits per heavy atom. The molecule has 0 heterocycles. The lowest BCUT2D eigenvalue weighted by atomic mass is 10.2. The zero-order valence-corrected chi connectivity index (χ0v) is 10.8. The summed E-state index contributed by atoms with van der Waals surface area (Å²) in [6.45, 7) is 3.56. The Hall–Kier alpha value is -0.580. The van der Waals surface area contributed by atoms with E-state index in [-0.39, 0.29) is 6.04 Å². The van der Waals surface area contributed by atoms with Crippen LogP contribution in [0.5, 0.6) is 0 Å². The zero-order chi connectivity index (χ0) is 11.9. The third kappa shape index (κ3) is 2.39. The van der Waals surface area contributed by atoms with Crippen molar-refractivity contribution in [2.75, 3.05) is 0 Å². The molecule has 2 rings (SSSR count). The van der Waals surface area contributed by atoms with Gasteiger partial charge in [-0.1, -0.05) is 11.6 Å². The maximum Gasteiger partial charge on any atom is 0.241 e. The predicted molar refractivity (Wildman–Crippen MR) is 64.3 cm³/mol. The average molecular weight is 260 g/mol. The van der Waals surface area contributed by atoms with Crippen molar-refractivity contribution >= 4 is 21.6 Å². The number of aryl methyl sites for hydroxylation is 2. The Kier molecular flexibility index (Phi) is 2.99. The van der Waals surface area contributed by atoms with Crippen molar-refractivity contribution in [3.05, 3.63) is 28.3 Å². The first kappa shape index (κ1) is 11.9. The van der Waals surface area contributed by atoms with Gasteiger partial charge in [0.2, 0.25) is 10.0 Å². The van der Waals surface area contributed by atoms with E-state index in [1.165, 1.54) is 0 Å². The lowest BCUT2D eigenvalue weighted by Gasteiger charge is -2.10. The maximum absolute atomic E-state index is 12.0. The van der Waals surface area contributed by atoms with Crippen LogP contribution in [-0.2, 0) is 10.0 Å². The van der Waals surface area contributed by atoms with E-state index in [1.807, 2.05) is 0 Å². The predicted octanol–water partition coefficient (Wildman–Crippen LogP) is 2.40. The third-order valence-electron chi connectivity index (χ3n) is 2.64. The van der Waals surface area contributed by atoms with Crippen LogP contribution in [0.15, 0.2) is 17.0 Å². The first-order valence-corrected chi connectivity index (χ1v) is 7.05. The molecular weight excluding hydrogens is 246 g/mol. The summed E-state index contributed by atoms with van der Waals surface area (Å²) in [5.74, 6) is 0. The van der Waals surface area contributed by atoms with Crippen molar-refractivity contribution in [2.24, 2.45) is 0 Å². The molecule has 0 aromatic heterocycles. The topological polar surface area (TPSA) is 46.2 Å². The van der Waals surface area contributed by atoms with E-state index < -0.39 is 10.0 Å². The lowest BCUT2D eigenvalue weighted by Crippen LogP contribution is -2.26. The molecular formula is C11H14ClNO2S. The summed E-state index contributed by atoms with van der Waals surface area (Å²) in [5.41, 5.74) is 1.46. The Bertz CT molecular complexity index is 521. The minimum atomic E-state index is -3.38. The highest BCUT2D eigenvalue weighted by Crippen LogP contribution is 2.26. The Morgan fingerprint density at radius 1 is 1.25 bits per heavy atom. The van der Waals surface area contributed by atoms with Crippen LogP contribution < -0.4 is 4.72 Å². The van der Waals surface area contributed by atoms with Gasteiger partial charge in [-0.3, -0.25) is 0 Å². The molecule has 88 valence electrons. The first-order chi connectivity index (χ1) is 7.40. The number of benzene rings is 1. The van der Waals surface area contributed by atoms with Crippen LogP contribution >= 0.6 is 11.6 Å². The highest BCUT2D eigenvalue weighted by atomic mass is 35.5. The summed E-state index contributed by atoms with van der Waals surface area (Å²) in [7, 11) is -3.38. The fraction of sp³-hybridized carbons (Fsp3) is 0.455. The molecule has 0 bridgehead atoms. The Balaban J connectivity index is 2.42. The van der Waals surface area contributed by atoms with E-state index in [2.05, 4.69) is 4.72 Å². The van der Waals surface area contributed by atoms with Gasteiger partial charge in [0.15, 0.2) is 0 Å². The van der Waals surface area contributed by atoms with E-state index in [0.29, 0.717) is 15.5 Å². The van der Waals surface area contributed by atoms with Gasteiger partial charge in [-0.2, -0.15) is 0 Å². The molecule has 1 aliphatic rings. The molecule has 5 heteroatoms. The van der Waals surface area contributed by atoms with Crippen molar-refractivity contribution in [3.8, 4) is 0 Å². The molecule has 16 heavy (non-hydrogen) atoms. The second kappa shape index (κ2) is 4.02. The number of hydrogen-bond acceptors (Lipinski definition) is 2. The molecule has 1 aromatic rings.